The lowest BCUT2D eigenvalue weighted by atomic mass is 9.93. The molecule has 2 aromatic rings. The molecule has 1 aliphatic heterocycles. The van der Waals surface area contributed by atoms with E-state index >= 15 is 0 Å². The highest BCUT2D eigenvalue weighted by atomic mass is 15.0. The maximum absolute atomic E-state index is 4.65. The Morgan fingerprint density at radius 3 is 3.19 bits per heavy atom. The van der Waals surface area contributed by atoms with Gasteiger partial charge in [-0.1, -0.05) is 0 Å². The predicted molar refractivity (Wildman–Crippen MR) is 63.3 cm³/mol. The first-order valence-electron chi connectivity index (χ1n) is 5.86. The van der Waals surface area contributed by atoms with Crippen LogP contribution >= 0.6 is 0 Å². The minimum atomic E-state index is 0.559. The average Bonchev–Trinajstić information content (AvgIpc) is 2.72. The number of pyridine rings is 1. The molecule has 1 fully saturated rings. The number of piperidine rings is 1. The summed E-state index contributed by atoms with van der Waals surface area (Å²) in [5, 5.41) is 3.46. The Hall–Kier alpha value is -1.42. The number of nitrogens with zero attached hydrogens (tertiary/aromatic N) is 2. The summed E-state index contributed by atoms with van der Waals surface area (Å²) in [6.07, 6.45) is 5.96. The molecule has 16 heavy (non-hydrogen) atoms. The first kappa shape index (κ1) is 9.78. The van der Waals surface area contributed by atoms with Gasteiger partial charge in [0.15, 0.2) is 0 Å². The fraction of sp³-hybridized carbons (Fsp3) is 0.500. The Kier molecular flexibility index (Phi) is 2.36. The maximum atomic E-state index is 4.65. The molecule has 0 saturated carbocycles. The van der Waals surface area contributed by atoms with Crippen molar-refractivity contribution >= 4 is 11.0 Å². The number of nitrogens with one attached hydrogen (secondary N) is 2. The minimum Gasteiger partial charge on any atom is -0.340 e. The number of hydrogen-bond donors (Lipinski definition) is 2. The van der Waals surface area contributed by atoms with Crippen molar-refractivity contribution in [1.29, 1.82) is 0 Å². The Morgan fingerprint density at radius 1 is 1.44 bits per heavy atom. The van der Waals surface area contributed by atoms with Gasteiger partial charge in [-0.3, -0.25) is 4.98 Å². The molecule has 84 valence electrons. The molecular formula is C12H16N4. The second kappa shape index (κ2) is 3.87. The Morgan fingerprint density at radius 2 is 2.38 bits per heavy atom. The molecule has 0 bridgehead atoms. The van der Waals surface area contributed by atoms with Crippen LogP contribution in [0.25, 0.3) is 11.0 Å². The van der Waals surface area contributed by atoms with E-state index in [1.165, 1.54) is 0 Å². The summed E-state index contributed by atoms with van der Waals surface area (Å²) in [5.41, 5.74) is 2.07. The number of rotatable bonds is 1. The van der Waals surface area contributed by atoms with Crippen molar-refractivity contribution in [3.8, 4) is 0 Å². The van der Waals surface area contributed by atoms with E-state index in [2.05, 4.69) is 27.2 Å². The number of imidazole rings is 1. The van der Waals surface area contributed by atoms with Crippen molar-refractivity contribution in [3.63, 3.8) is 0 Å². The standard InChI is InChI=1S/C12H16N4/c1-8-6-9(2-5-14-8)12-15-10-3-4-13-7-11(10)16-12/h3-4,7-9,14H,2,5-6H2,1H3,(H,15,16). The SMILES string of the molecule is CC1CC(c2nc3ccncc3[nH]2)CCN1. The van der Waals surface area contributed by atoms with Crippen LogP contribution in [-0.2, 0) is 0 Å². The molecule has 4 heteroatoms. The zero-order valence-corrected chi connectivity index (χ0v) is 9.40. The Bertz CT molecular complexity index is 457. The average molecular weight is 216 g/mol. The molecule has 3 rings (SSSR count). The molecule has 0 radical (unpaired) electrons. The van der Waals surface area contributed by atoms with Crippen LogP contribution in [0.2, 0.25) is 0 Å². The van der Waals surface area contributed by atoms with Crippen LogP contribution in [0.15, 0.2) is 18.5 Å². The van der Waals surface area contributed by atoms with Gasteiger partial charge in [0.25, 0.3) is 0 Å². The molecule has 0 aromatic carbocycles. The van der Waals surface area contributed by atoms with Crippen LogP contribution in [0.5, 0.6) is 0 Å². The summed E-state index contributed by atoms with van der Waals surface area (Å²) in [5.74, 6) is 1.68. The normalized spacial score (nSPS) is 26.1. The summed E-state index contributed by atoms with van der Waals surface area (Å²) < 4.78 is 0. The van der Waals surface area contributed by atoms with Gasteiger partial charge in [0, 0.05) is 18.2 Å². The van der Waals surface area contributed by atoms with Crippen molar-refractivity contribution in [2.24, 2.45) is 0 Å². The second-order valence-corrected chi connectivity index (χ2v) is 4.59. The van der Waals surface area contributed by atoms with Gasteiger partial charge in [-0.05, 0) is 32.4 Å². The van der Waals surface area contributed by atoms with Gasteiger partial charge in [-0.25, -0.2) is 4.98 Å². The highest BCUT2D eigenvalue weighted by Crippen LogP contribution is 2.26. The number of fused-ring (bicyclic) bond motifs is 1. The first-order valence-corrected chi connectivity index (χ1v) is 5.86. The highest BCUT2D eigenvalue weighted by Gasteiger charge is 2.22. The van der Waals surface area contributed by atoms with E-state index in [0.29, 0.717) is 12.0 Å². The number of H-pyrrole nitrogens is 1. The number of aromatic nitrogens is 3. The molecular weight excluding hydrogens is 200 g/mol. The largest absolute Gasteiger partial charge is 0.340 e. The fourth-order valence-electron chi connectivity index (χ4n) is 2.45. The zero-order valence-electron chi connectivity index (χ0n) is 9.40. The molecule has 2 aromatic heterocycles. The third-order valence-electron chi connectivity index (χ3n) is 3.31. The summed E-state index contributed by atoms with van der Waals surface area (Å²) in [4.78, 5) is 12.1. The van der Waals surface area contributed by atoms with Crippen LogP contribution in [-0.4, -0.2) is 27.5 Å². The highest BCUT2D eigenvalue weighted by molar-refractivity contribution is 5.73. The summed E-state index contributed by atoms with van der Waals surface area (Å²) in [7, 11) is 0. The molecule has 3 heterocycles. The van der Waals surface area contributed by atoms with Gasteiger partial charge in [0.05, 0.1) is 17.2 Å². The van der Waals surface area contributed by atoms with Crippen LogP contribution < -0.4 is 5.32 Å². The van der Waals surface area contributed by atoms with Crippen LogP contribution in [0.3, 0.4) is 0 Å². The van der Waals surface area contributed by atoms with Gasteiger partial charge >= 0.3 is 0 Å². The zero-order chi connectivity index (χ0) is 11.0. The monoisotopic (exact) mass is 216 g/mol. The minimum absolute atomic E-state index is 0.559. The van der Waals surface area contributed by atoms with Crippen molar-refractivity contribution in [2.45, 2.75) is 31.7 Å². The third kappa shape index (κ3) is 1.69. The quantitative estimate of drug-likeness (QED) is 0.764. The summed E-state index contributed by atoms with van der Waals surface area (Å²) in [6, 6.07) is 2.55. The lowest BCUT2D eigenvalue weighted by Gasteiger charge is -2.26. The molecule has 0 amide bonds. The molecule has 0 spiro atoms. The fourth-order valence-corrected chi connectivity index (χ4v) is 2.45. The first-order chi connectivity index (χ1) is 7.83. The van der Waals surface area contributed by atoms with E-state index in [-0.39, 0.29) is 0 Å². The smallest absolute Gasteiger partial charge is 0.110 e. The molecule has 2 unspecified atom stereocenters. The van der Waals surface area contributed by atoms with Gasteiger partial charge in [-0.2, -0.15) is 0 Å². The van der Waals surface area contributed by atoms with Gasteiger partial charge < -0.3 is 10.3 Å². The van der Waals surface area contributed by atoms with Gasteiger partial charge in [0.2, 0.25) is 0 Å². The van der Waals surface area contributed by atoms with E-state index in [1.54, 1.807) is 6.20 Å². The van der Waals surface area contributed by atoms with Gasteiger partial charge in [0.1, 0.15) is 5.82 Å². The third-order valence-corrected chi connectivity index (χ3v) is 3.31. The van der Waals surface area contributed by atoms with Crippen LogP contribution in [0.4, 0.5) is 0 Å². The lowest BCUT2D eigenvalue weighted by Crippen LogP contribution is -2.35. The van der Waals surface area contributed by atoms with Crippen LogP contribution in [0, 0.1) is 0 Å². The Labute approximate surface area is 94.5 Å². The molecule has 1 saturated heterocycles. The molecule has 4 nitrogen and oxygen atoms in total. The molecule has 0 aliphatic carbocycles. The van der Waals surface area contributed by atoms with Crippen molar-refractivity contribution in [2.75, 3.05) is 6.54 Å². The topological polar surface area (TPSA) is 53.6 Å². The van der Waals surface area contributed by atoms with E-state index in [4.69, 9.17) is 0 Å². The molecule has 1 aliphatic rings. The van der Waals surface area contributed by atoms with E-state index in [1.807, 2.05) is 12.3 Å². The Balaban J connectivity index is 1.93. The van der Waals surface area contributed by atoms with E-state index in [9.17, 15) is 0 Å². The summed E-state index contributed by atoms with van der Waals surface area (Å²) in [6.45, 7) is 3.32. The van der Waals surface area contributed by atoms with Crippen LogP contribution in [0.1, 0.15) is 31.5 Å². The summed E-state index contributed by atoms with van der Waals surface area (Å²) >= 11 is 0. The lowest BCUT2D eigenvalue weighted by molar-refractivity contribution is 0.373. The van der Waals surface area contributed by atoms with Crippen molar-refractivity contribution in [1.82, 2.24) is 20.3 Å². The van der Waals surface area contributed by atoms with E-state index in [0.717, 1.165) is 36.2 Å². The number of aromatic amines is 1. The van der Waals surface area contributed by atoms with E-state index < -0.39 is 0 Å². The number of hydrogen-bond acceptors (Lipinski definition) is 3. The van der Waals surface area contributed by atoms with Crippen molar-refractivity contribution < 1.29 is 0 Å². The van der Waals surface area contributed by atoms with Crippen molar-refractivity contribution in [3.05, 3.63) is 24.3 Å². The second-order valence-electron chi connectivity index (χ2n) is 4.59. The predicted octanol–water partition coefficient (Wildman–Crippen LogP) is 1.81. The maximum Gasteiger partial charge on any atom is 0.110 e. The molecule has 2 atom stereocenters. The van der Waals surface area contributed by atoms with Gasteiger partial charge in [-0.15, -0.1) is 0 Å². The molecule has 2 N–H and O–H groups in total.